The van der Waals surface area contributed by atoms with E-state index in [1.165, 1.54) is 23.5 Å². The number of nitrogens with zero attached hydrogens (tertiary/aromatic N) is 2. The number of thiazole rings is 1. The topological polar surface area (TPSA) is 97.8 Å². The zero-order chi connectivity index (χ0) is 34.7. The summed E-state index contributed by atoms with van der Waals surface area (Å²) in [5, 5.41) is 0.371. The summed E-state index contributed by atoms with van der Waals surface area (Å²) in [6.45, 7) is 2.27. The van der Waals surface area contributed by atoms with Crippen molar-refractivity contribution in [1.82, 2.24) is 15.4 Å². The van der Waals surface area contributed by atoms with Crippen LogP contribution in [0.2, 0.25) is 0 Å². The van der Waals surface area contributed by atoms with E-state index in [2.05, 4.69) is 34.7 Å². The van der Waals surface area contributed by atoms with E-state index < -0.39 is 17.6 Å². The smallest absolute Gasteiger partial charge is 0.274 e. The fourth-order valence-electron chi connectivity index (χ4n) is 7.52. The van der Waals surface area contributed by atoms with Gasteiger partial charge in [-0.1, -0.05) is 84.4 Å². The average Bonchev–Trinajstić information content (AvgIpc) is 3.40. The zero-order valence-corrected chi connectivity index (χ0v) is 29.0. The van der Waals surface area contributed by atoms with Crippen molar-refractivity contribution in [2.45, 2.75) is 76.9 Å². The summed E-state index contributed by atoms with van der Waals surface area (Å²) in [4.78, 5) is 54.7. The first kappa shape index (κ1) is 33.9. The molecule has 1 N–H and O–H groups in total. The number of rotatable bonds is 7. The quantitative estimate of drug-likeness (QED) is 0.159. The van der Waals surface area contributed by atoms with Crippen molar-refractivity contribution in [1.29, 1.82) is 0 Å². The molecule has 260 valence electrons. The number of carbonyl (C=O) groups excluding carboxylic acids is 3. The molecular formula is C40H42FN3O5S. The van der Waals surface area contributed by atoms with E-state index in [4.69, 9.17) is 9.57 Å². The van der Waals surface area contributed by atoms with Crippen molar-refractivity contribution in [3.8, 4) is 10.9 Å². The van der Waals surface area contributed by atoms with Crippen LogP contribution in [0.5, 0.6) is 10.9 Å². The number of Topliss-reactive ketones (excluding diaryl/α,β-unsaturated/α-hetero) is 1. The molecule has 3 heterocycles. The van der Waals surface area contributed by atoms with Gasteiger partial charge in [-0.2, -0.15) is 5.48 Å². The first-order valence-corrected chi connectivity index (χ1v) is 18.4. The molecule has 3 aliphatic rings. The number of fused-ring (bicyclic) bond motifs is 3. The first-order valence-electron chi connectivity index (χ1n) is 17.6. The van der Waals surface area contributed by atoms with Gasteiger partial charge in [-0.25, -0.2) is 9.37 Å². The van der Waals surface area contributed by atoms with Crippen molar-refractivity contribution in [2.75, 3.05) is 6.54 Å². The minimum absolute atomic E-state index is 0.0177. The van der Waals surface area contributed by atoms with Crippen LogP contribution in [-0.4, -0.2) is 46.2 Å². The Morgan fingerprint density at radius 2 is 1.92 bits per heavy atom. The predicted octanol–water partition coefficient (Wildman–Crippen LogP) is 7.55. The second-order valence-corrected chi connectivity index (χ2v) is 15.0. The monoisotopic (exact) mass is 695 g/mol. The van der Waals surface area contributed by atoms with Gasteiger partial charge in [-0.15, -0.1) is 0 Å². The lowest BCUT2D eigenvalue weighted by Crippen LogP contribution is -2.46. The van der Waals surface area contributed by atoms with Gasteiger partial charge in [0.05, 0.1) is 28.2 Å². The number of hydrogen-bond acceptors (Lipinski definition) is 7. The lowest BCUT2D eigenvalue weighted by Gasteiger charge is -2.29. The van der Waals surface area contributed by atoms with E-state index in [-0.39, 0.29) is 54.6 Å². The number of aromatic nitrogens is 1. The summed E-state index contributed by atoms with van der Waals surface area (Å²) in [6, 6.07) is 20.9. The number of ketones is 1. The number of nitrogens with one attached hydrogen (secondary N) is 1. The van der Waals surface area contributed by atoms with E-state index in [0.29, 0.717) is 40.4 Å². The van der Waals surface area contributed by atoms with Gasteiger partial charge >= 0.3 is 0 Å². The van der Waals surface area contributed by atoms with E-state index in [0.717, 1.165) is 36.8 Å². The Labute approximate surface area is 295 Å². The normalized spacial score (nSPS) is 26.3. The number of allylic oxidation sites excluding steroid dienone is 2. The third-order valence-corrected chi connectivity index (χ3v) is 11.2. The lowest BCUT2D eigenvalue weighted by molar-refractivity contribution is -0.143. The number of para-hydroxylation sites is 1. The molecule has 7 rings (SSSR count). The van der Waals surface area contributed by atoms with Gasteiger partial charge in [0.1, 0.15) is 11.9 Å². The summed E-state index contributed by atoms with van der Waals surface area (Å²) < 4.78 is 20.9. The summed E-state index contributed by atoms with van der Waals surface area (Å²) in [5.74, 6) is -0.822. The molecule has 50 heavy (non-hydrogen) atoms. The molecule has 0 bridgehead atoms. The van der Waals surface area contributed by atoms with Crippen LogP contribution in [0.4, 0.5) is 4.39 Å². The van der Waals surface area contributed by atoms with Crippen LogP contribution in [0.25, 0.3) is 10.2 Å². The van der Waals surface area contributed by atoms with Gasteiger partial charge in [-0.05, 0) is 80.8 Å². The molecule has 0 radical (unpaired) electrons. The van der Waals surface area contributed by atoms with Gasteiger partial charge in [0.25, 0.3) is 11.1 Å². The van der Waals surface area contributed by atoms with Crippen LogP contribution in [-0.2, 0) is 20.8 Å². The van der Waals surface area contributed by atoms with Gasteiger partial charge in [0.2, 0.25) is 5.91 Å². The average molecular weight is 696 g/mol. The standard InChI is InChI=1S/C40H42FN3O5S/c1-26-11-10-12-27(19-26)20-28-13-6-3-2-4-7-14-29-23-40(29,38(47)43-49-31-15-8-5-9-16-31)24-35(45)34-22-32(25-44(34)37(28)46)48-39-42-33-18-17-30(41)21-36(33)50-39/h5,7-12,14-19,21,28-29,32,34H,2-4,6,13,20,22-25H2,1H3,(H,43,47)/b14-7-/t28-,29+,32-,34+,40-/m1/s1. The Morgan fingerprint density at radius 1 is 1.06 bits per heavy atom. The maximum atomic E-state index is 14.6. The molecule has 4 aromatic rings. The van der Waals surface area contributed by atoms with Crippen LogP contribution in [0.15, 0.2) is 84.9 Å². The Hall–Kier alpha value is -4.57. The number of benzene rings is 3. The van der Waals surface area contributed by atoms with Crippen LogP contribution >= 0.6 is 11.3 Å². The summed E-state index contributed by atoms with van der Waals surface area (Å²) in [6.07, 6.45) is 9.56. The summed E-state index contributed by atoms with van der Waals surface area (Å²) in [5.41, 5.74) is 4.51. The van der Waals surface area contributed by atoms with Gasteiger partial charge in [0.15, 0.2) is 11.5 Å². The predicted molar refractivity (Wildman–Crippen MR) is 190 cm³/mol. The molecule has 1 aliphatic carbocycles. The first-order chi connectivity index (χ1) is 24.3. The fraction of sp³-hybridized carbons (Fsp3) is 0.400. The maximum Gasteiger partial charge on any atom is 0.274 e. The minimum Gasteiger partial charge on any atom is -0.465 e. The molecule has 0 spiro atoms. The Morgan fingerprint density at radius 3 is 2.76 bits per heavy atom. The van der Waals surface area contributed by atoms with Crippen molar-refractivity contribution < 1.29 is 28.3 Å². The lowest BCUT2D eigenvalue weighted by atomic mass is 9.89. The molecular weight excluding hydrogens is 654 g/mol. The molecule has 2 amide bonds. The van der Waals surface area contributed by atoms with E-state index in [9.17, 15) is 18.8 Å². The molecule has 5 atom stereocenters. The van der Waals surface area contributed by atoms with Crippen LogP contribution in [0, 0.1) is 30.0 Å². The van der Waals surface area contributed by atoms with E-state index in [1.807, 2.05) is 37.3 Å². The molecule has 1 saturated heterocycles. The highest BCUT2D eigenvalue weighted by atomic mass is 32.1. The van der Waals surface area contributed by atoms with E-state index >= 15 is 0 Å². The van der Waals surface area contributed by atoms with Gasteiger partial charge in [0, 0.05) is 18.8 Å². The highest BCUT2D eigenvalue weighted by molar-refractivity contribution is 7.20. The Bertz CT molecular complexity index is 1900. The largest absolute Gasteiger partial charge is 0.465 e. The minimum atomic E-state index is -0.964. The third-order valence-electron chi connectivity index (χ3n) is 10.3. The van der Waals surface area contributed by atoms with Crippen LogP contribution < -0.4 is 15.1 Å². The van der Waals surface area contributed by atoms with Crippen molar-refractivity contribution >= 4 is 39.2 Å². The number of ether oxygens (including phenoxy) is 1. The molecule has 1 aromatic heterocycles. The zero-order valence-electron chi connectivity index (χ0n) is 28.2. The Balaban J connectivity index is 1.16. The maximum absolute atomic E-state index is 14.6. The molecule has 10 heteroatoms. The molecule has 2 fully saturated rings. The fourth-order valence-corrected chi connectivity index (χ4v) is 8.42. The van der Waals surface area contributed by atoms with Crippen molar-refractivity contribution in [2.24, 2.45) is 17.3 Å². The highest BCUT2D eigenvalue weighted by Gasteiger charge is 2.61. The van der Waals surface area contributed by atoms with Gasteiger partial charge < -0.3 is 14.5 Å². The molecule has 2 aliphatic heterocycles. The highest BCUT2D eigenvalue weighted by Crippen LogP contribution is 2.57. The second kappa shape index (κ2) is 14.7. The van der Waals surface area contributed by atoms with E-state index in [1.54, 1.807) is 23.1 Å². The number of hydrogen-bond donors (Lipinski definition) is 1. The number of carbonyl (C=O) groups is 3. The van der Waals surface area contributed by atoms with Crippen LogP contribution in [0.3, 0.4) is 0 Å². The molecule has 0 unspecified atom stereocenters. The number of aryl methyl sites for hydroxylation is 1. The number of halogens is 1. The van der Waals surface area contributed by atoms with Crippen molar-refractivity contribution in [3.63, 3.8) is 0 Å². The molecule has 8 nitrogen and oxygen atoms in total. The third kappa shape index (κ3) is 7.60. The number of hydroxylamine groups is 1. The molecule has 1 saturated carbocycles. The van der Waals surface area contributed by atoms with Gasteiger partial charge in [-0.3, -0.25) is 14.4 Å². The number of amides is 2. The summed E-state index contributed by atoms with van der Waals surface area (Å²) >= 11 is 1.24. The second-order valence-electron chi connectivity index (χ2n) is 14.0. The Kier molecular flexibility index (Phi) is 9.99. The summed E-state index contributed by atoms with van der Waals surface area (Å²) in [7, 11) is 0. The molecule has 3 aromatic carbocycles. The van der Waals surface area contributed by atoms with Crippen molar-refractivity contribution in [3.05, 3.63) is 102 Å². The SMILES string of the molecule is Cc1cccc(C[C@H]2CCCCC/C=C\[C@H]3C[C@@]3(C(=O)NOc3ccccc3)CC(=O)[C@@H]3C[C@@H](Oc4nc5ccc(F)cc5s4)CN3C2=O)c1. The van der Waals surface area contributed by atoms with Crippen LogP contribution in [0.1, 0.15) is 62.5 Å².